The fraction of sp³-hybridized carbons (Fsp3) is 0.364. The van der Waals surface area contributed by atoms with Crippen LogP contribution in [0.5, 0.6) is 5.88 Å². The number of rotatable bonds is 2. The molecule has 0 radical (unpaired) electrons. The first-order valence-electron chi connectivity index (χ1n) is 4.91. The Kier molecular flexibility index (Phi) is 2.76. The highest BCUT2D eigenvalue weighted by Gasteiger charge is 2.20. The summed E-state index contributed by atoms with van der Waals surface area (Å²) >= 11 is 0. The molecule has 4 nitrogen and oxygen atoms in total. The fourth-order valence-electron chi connectivity index (χ4n) is 1.65. The van der Waals surface area contributed by atoms with Crippen molar-refractivity contribution in [1.82, 2.24) is 9.97 Å². The van der Waals surface area contributed by atoms with Gasteiger partial charge in [-0.25, -0.2) is 9.97 Å². The van der Waals surface area contributed by atoms with Crippen LogP contribution in [0.3, 0.4) is 0 Å². The van der Waals surface area contributed by atoms with Crippen LogP contribution >= 0.6 is 0 Å². The van der Waals surface area contributed by atoms with Gasteiger partial charge in [-0.3, -0.25) is 4.79 Å². The van der Waals surface area contributed by atoms with E-state index in [2.05, 4.69) is 9.97 Å². The second-order valence-corrected chi connectivity index (χ2v) is 3.35. The van der Waals surface area contributed by atoms with E-state index >= 15 is 0 Å². The van der Waals surface area contributed by atoms with Crippen molar-refractivity contribution in [2.24, 2.45) is 0 Å². The number of methoxy groups -OCH3 is 1. The number of hydrogen-bond donors (Lipinski definition) is 0. The highest BCUT2D eigenvalue weighted by molar-refractivity contribution is 6.21. The zero-order valence-electron chi connectivity index (χ0n) is 8.56. The summed E-state index contributed by atoms with van der Waals surface area (Å²) in [6.07, 6.45) is 7.46. The van der Waals surface area contributed by atoms with Crippen LogP contribution < -0.4 is 4.74 Å². The first-order chi connectivity index (χ1) is 7.33. The zero-order chi connectivity index (χ0) is 10.7. The average molecular weight is 204 g/mol. The minimum absolute atomic E-state index is 0.125. The van der Waals surface area contributed by atoms with Gasteiger partial charge in [-0.2, -0.15) is 0 Å². The molecule has 0 saturated carbocycles. The number of aromatic nitrogens is 2. The van der Waals surface area contributed by atoms with E-state index in [-0.39, 0.29) is 5.78 Å². The van der Waals surface area contributed by atoms with Crippen molar-refractivity contribution in [3.05, 3.63) is 24.2 Å². The predicted molar refractivity (Wildman–Crippen MR) is 55.4 cm³/mol. The molecule has 0 atom stereocenters. The minimum Gasteiger partial charge on any atom is -0.479 e. The molecule has 1 aliphatic rings. The van der Waals surface area contributed by atoms with Crippen LogP contribution in [-0.2, 0) is 4.79 Å². The molecule has 15 heavy (non-hydrogen) atoms. The van der Waals surface area contributed by atoms with Crippen molar-refractivity contribution in [2.45, 2.75) is 19.3 Å². The summed E-state index contributed by atoms with van der Waals surface area (Å²) in [5.41, 5.74) is 1.20. The lowest BCUT2D eigenvalue weighted by Crippen LogP contribution is -2.09. The summed E-state index contributed by atoms with van der Waals surface area (Å²) < 4.78 is 5.08. The lowest BCUT2D eigenvalue weighted by Gasteiger charge is -2.12. The SMILES string of the molecule is COc1nccnc1C1=CCCCC1=O. The molecule has 1 aliphatic carbocycles. The van der Waals surface area contributed by atoms with Crippen molar-refractivity contribution in [3.8, 4) is 5.88 Å². The molecule has 0 saturated heterocycles. The molecule has 4 heteroatoms. The normalized spacial score (nSPS) is 16.1. The molecule has 0 fully saturated rings. The molecular weight excluding hydrogens is 192 g/mol. The Labute approximate surface area is 88.0 Å². The van der Waals surface area contributed by atoms with Crippen LogP contribution in [-0.4, -0.2) is 22.9 Å². The molecule has 1 aromatic heterocycles. The van der Waals surface area contributed by atoms with Crippen LogP contribution in [0, 0.1) is 0 Å². The highest BCUT2D eigenvalue weighted by atomic mass is 16.5. The molecule has 78 valence electrons. The van der Waals surface area contributed by atoms with E-state index in [0.29, 0.717) is 23.6 Å². The van der Waals surface area contributed by atoms with E-state index in [1.807, 2.05) is 6.08 Å². The first-order valence-corrected chi connectivity index (χ1v) is 4.91. The third-order valence-electron chi connectivity index (χ3n) is 2.37. The summed E-state index contributed by atoms with van der Waals surface area (Å²) in [5, 5.41) is 0. The second-order valence-electron chi connectivity index (χ2n) is 3.35. The summed E-state index contributed by atoms with van der Waals surface area (Å²) in [6.45, 7) is 0. The van der Waals surface area contributed by atoms with Gasteiger partial charge in [0.2, 0.25) is 5.88 Å². The number of hydrogen-bond acceptors (Lipinski definition) is 4. The molecule has 1 aromatic rings. The van der Waals surface area contributed by atoms with Gasteiger partial charge in [0.05, 0.1) is 7.11 Å². The fourth-order valence-corrected chi connectivity index (χ4v) is 1.65. The molecule has 0 aromatic carbocycles. The molecule has 0 unspecified atom stereocenters. The van der Waals surface area contributed by atoms with Crippen LogP contribution in [0.2, 0.25) is 0 Å². The Morgan fingerprint density at radius 1 is 1.33 bits per heavy atom. The molecule has 0 aliphatic heterocycles. The van der Waals surface area contributed by atoms with E-state index in [0.717, 1.165) is 12.8 Å². The van der Waals surface area contributed by atoms with Crippen LogP contribution in [0.4, 0.5) is 0 Å². The van der Waals surface area contributed by atoms with Gasteiger partial charge in [0.25, 0.3) is 0 Å². The third kappa shape index (κ3) is 1.88. The predicted octanol–water partition coefficient (Wildman–Crippen LogP) is 1.62. The number of carbonyl (C=O) groups excluding carboxylic acids is 1. The monoisotopic (exact) mass is 204 g/mol. The second kappa shape index (κ2) is 4.21. The number of nitrogens with zero attached hydrogens (tertiary/aromatic N) is 2. The minimum atomic E-state index is 0.125. The quantitative estimate of drug-likeness (QED) is 0.734. The van der Waals surface area contributed by atoms with Crippen molar-refractivity contribution in [1.29, 1.82) is 0 Å². The summed E-state index contributed by atoms with van der Waals surface area (Å²) in [6, 6.07) is 0. The van der Waals surface area contributed by atoms with Gasteiger partial charge < -0.3 is 4.74 Å². The summed E-state index contributed by atoms with van der Waals surface area (Å²) in [5.74, 6) is 0.541. The van der Waals surface area contributed by atoms with Gasteiger partial charge in [0, 0.05) is 24.4 Å². The lowest BCUT2D eigenvalue weighted by molar-refractivity contribution is -0.114. The Morgan fingerprint density at radius 2 is 2.13 bits per heavy atom. The number of ketones is 1. The zero-order valence-corrected chi connectivity index (χ0v) is 8.56. The van der Waals surface area contributed by atoms with Gasteiger partial charge in [0.1, 0.15) is 5.69 Å². The Bertz CT molecular complexity index is 413. The van der Waals surface area contributed by atoms with E-state index in [1.54, 1.807) is 12.4 Å². The number of allylic oxidation sites excluding steroid dienone is 2. The topological polar surface area (TPSA) is 52.1 Å². The van der Waals surface area contributed by atoms with Gasteiger partial charge >= 0.3 is 0 Å². The lowest BCUT2D eigenvalue weighted by atomic mass is 9.96. The van der Waals surface area contributed by atoms with Crippen LogP contribution in [0.25, 0.3) is 5.57 Å². The van der Waals surface area contributed by atoms with Crippen LogP contribution in [0.1, 0.15) is 25.0 Å². The summed E-state index contributed by atoms with van der Waals surface area (Å²) in [4.78, 5) is 19.8. The van der Waals surface area contributed by atoms with Gasteiger partial charge in [0.15, 0.2) is 5.78 Å². The van der Waals surface area contributed by atoms with E-state index in [4.69, 9.17) is 4.74 Å². The van der Waals surface area contributed by atoms with E-state index < -0.39 is 0 Å². The summed E-state index contributed by atoms with van der Waals surface area (Å²) in [7, 11) is 1.53. The highest BCUT2D eigenvalue weighted by Crippen LogP contribution is 2.27. The van der Waals surface area contributed by atoms with Crippen LogP contribution in [0.15, 0.2) is 18.5 Å². The number of ether oxygens (including phenoxy) is 1. The molecule has 0 spiro atoms. The van der Waals surface area contributed by atoms with Gasteiger partial charge in [-0.15, -0.1) is 0 Å². The molecule has 0 amide bonds. The van der Waals surface area contributed by atoms with Gasteiger partial charge in [-0.05, 0) is 12.8 Å². The smallest absolute Gasteiger partial charge is 0.240 e. The van der Waals surface area contributed by atoms with Crippen molar-refractivity contribution in [3.63, 3.8) is 0 Å². The molecule has 0 bridgehead atoms. The number of carbonyl (C=O) groups is 1. The first kappa shape index (κ1) is 9.83. The Balaban J connectivity index is 2.44. The maximum atomic E-state index is 11.7. The molecule has 1 heterocycles. The average Bonchev–Trinajstić information content (AvgIpc) is 2.30. The van der Waals surface area contributed by atoms with E-state index in [9.17, 15) is 4.79 Å². The largest absolute Gasteiger partial charge is 0.479 e. The molecule has 2 rings (SSSR count). The van der Waals surface area contributed by atoms with Gasteiger partial charge in [-0.1, -0.05) is 6.08 Å². The van der Waals surface area contributed by atoms with Crippen molar-refractivity contribution in [2.75, 3.05) is 7.11 Å². The molecule has 0 N–H and O–H groups in total. The molecular formula is C11H12N2O2. The Morgan fingerprint density at radius 3 is 2.87 bits per heavy atom. The maximum Gasteiger partial charge on any atom is 0.240 e. The van der Waals surface area contributed by atoms with E-state index in [1.165, 1.54) is 7.11 Å². The Hall–Kier alpha value is -1.71. The standard InChI is InChI=1S/C11H12N2O2/c1-15-11-10(12-6-7-13-11)8-4-2-3-5-9(8)14/h4,6-7H,2-3,5H2,1H3. The third-order valence-corrected chi connectivity index (χ3v) is 2.37. The van der Waals surface area contributed by atoms with Crippen molar-refractivity contribution < 1.29 is 9.53 Å². The maximum absolute atomic E-state index is 11.7. The van der Waals surface area contributed by atoms with Crippen molar-refractivity contribution >= 4 is 11.4 Å². The number of Topliss-reactive ketones (excluding diaryl/α,β-unsaturated/α-hetero) is 1.